The third kappa shape index (κ3) is 5.79. The number of fused-ring (bicyclic) bond motifs is 2. The number of aromatic nitrogens is 3. The molecule has 2 aromatic rings. The summed E-state index contributed by atoms with van der Waals surface area (Å²) < 4.78 is 20.6. The van der Waals surface area contributed by atoms with E-state index >= 15 is 0 Å². The van der Waals surface area contributed by atoms with Gasteiger partial charge in [-0.2, -0.15) is 0 Å². The number of amides is 1. The molecule has 2 aliphatic heterocycles. The first-order chi connectivity index (χ1) is 22.0. The van der Waals surface area contributed by atoms with Gasteiger partial charge >= 0.3 is 0 Å². The average Bonchev–Trinajstić information content (AvgIpc) is 3.37. The van der Waals surface area contributed by atoms with Gasteiger partial charge in [0.05, 0.1) is 5.56 Å². The van der Waals surface area contributed by atoms with Gasteiger partial charge in [-0.15, -0.1) is 10.2 Å². The SMILES string of the molecule is CC(C)N(C(=O)c1cc(F)ccc1Oc1nncnc1N1CC2(CCN(C[C@@H]3CC4CCC3CC43CCC(=O)C3)CC2)C1)C(C)C. The first-order valence-electron chi connectivity index (χ1n) is 17.5. The lowest BCUT2D eigenvalue weighted by Crippen LogP contribution is -2.61. The van der Waals surface area contributed by atoms with Crippen LogP contribution in [0.15, 0.2) is 24.5 Å². The van der Waals surface area contributed by atoms with Gasteiger partial charge in [0.15, 0.2) is 5.82 Å². The van der Waals surface area contributed by atoms with Crippen molar-refractivity contribution in [2.24, 2.45) is 28.6 Å². The second-order valence-corrected chi connectivity index (χ2v) is 15.7. The molecule has 10 heteroatoms. The fourth-order valence-electron chi connectivity index (χ4n) is 9.92. The van der Waals surface area contributed by atoms with Crippen LogP contribution >= 0.6 is 0 Å². The fraction of sp³-hybridized carbons (Fsp3) is 0.694. The molecule has 2 saturated heterocycles. The van der Waals surface area contributed by atoms with Gasteiger partial charge in [0.25, 0.3) is 11.8 Å². The van der Waals surface area contributed by atoms with Crippen molar-refractivity contribution in [3.8, 4) is 11.6 Å². The highest BCUT2D eigenvalue weighted by Crippen LogP contribution is 2.61. The fourth-order valence-corrected chi connectivity index (χ4v) is 9.92. The predicted octanol–water partition coefficient (Wildman–Crippen LogP) is 6.14. The van der Waals surface area contributed by atoms with E-state index < -0.39 is 5.82 Å². The van der Waals surface area contributed by atoms with E-state index in [4.69, 9.17) is 4.74 Å². The van der Waals surface area contributed by atoms with E-state index in [1.165, 1.54) is 56.8 Å². The monoisotopic (exact) mass is 632 g/mol. The van der Waals surface area contributed by atoms with Crippen molar-refractivity contribution in [2.45, 2.75) is 97.6 Å². The highest BCUT2D eigenvalue weighted by atomic mass is 19.1. The van der Waals surface area contributed by atoms with Crippen LogP contribution in [0.25, 0.3) is 0 Å². The summed E-state index contributed by atoms with van der Waals surface area (Å²) in [5, 5.41) is 8.23. The molecule has 8 rings (SSSR count). The molecule has 4 saturated carbocycles. The molecule has 4 aliphatic carbocycles. The zero-order valence-corrected chi connectivity index (χ0v) is 27.9. The van der Waals surface area contributed by atoms with Crippen LogP contribution in [0.4, 0.5) is 10.2 Å². The van der Waals surface area contributed by atoms with Gasteiger partial charge in [-0.1, -0.05) is 0 Å². The standard InChI is InChI=1S/C36H49FN6O3/c1-23(2)43(24(3)4)34(45)30-16-28(37)7-8-31(30)46-33-32(38-22-39-40-33)42-20-35(21-42)11-13-41(14-12-35)19-26-15-27-6-5-25(26)17-36(27)10-9-29(44)18-36/h7-8,16,22-27H,5-6,9-15,17-21H2,1-4H3/t25?,26-,27?,36?/m0/s1. The minimum atomic E-state index is -0.498. The van der Waals surface area contributed by atoms with Crippen LogP contribution in [0, 0.1) is 34.4 Å². The Hall–Kier alpha value is -3.14. The maximum atomic E-state index is 14.4. The Kier molecular flexibility index (Phi) is 8.31. The van der Waals surface area contributed by atoms with Gasteiger partial charge in [0.2, 0.25) is 0 Å². The summed E-state index contributed by atoms with van der Waals surface area (Å²) in [6.07, 6.45) is 11.9. The second-order valence-electron chi connectivity index (χ2n) is 15.7. The largest absolute Gasteiger partial charge is 0.434 e. The number of ketones is 1. The number of rotatable bonds is 8. The number of nitrogens with zero attached hydrogens (tertiary/aromatic N) is 6. The molecule has 9 nitrogen and oxygen atoms in total. The molecule has 3 heterocycles. The minimum absolute atomic E-state index is 0.0603. The van der Waals surface area contributed by atoms with Gasteiger partial charge in [0, 0.05) is 50.0 Å². The van der Waals surface area contributed by atoms with Crippen LogP contribution in [0.1, 0.15) is 95.8 Å². The molecule has 0 N–H and O–H groups in total. The van der Waals surface area contributed by atoms with Crippen LogP contribution in [-0.4, -0.2) is 81.5 Å². The van der Waals surface area contributed by atoms with Crippen LogP contribution in [-0.2, 0) is 4.79 Å². The summed E-state index contributed by atoms with van der Waals surface area (Å²) in [4.78, 5) is 36.9. The number of ether oxygens (including phenoxy) is 1. The normalized spacial score (nSPS) is 28.8. The van der Waals surface area contributed by atoms with Crippen LogP contribution < -0.4 is 9.64 Å². The van der Waals surface area contributed by atoms with Crippen molar-refractivity contribution in [1.82, 2.24) is 25.0 Å². The Labute approximate surface area is 272 Å². The molecule has 6 fully saturated rings. The maximum absolute atomic E-state index is 14.4. The number of piperidine rings is 1. The van der Waals surface area contributed by atoms with E-state index in [0.717, 1.165) is 76.0 Å². The predicted molar refractivity (Wildman–Crippen MR) is 173 cm³/mol. The molecule has 248 valence electrons. The van der Waals surface area contributed by atoms with Gasteiger partial charge in [-0.05, 0) is 127 Å². The van der Waals surface area contributed by atoms with E-state index in [1.807, 2.05) is 27.7 Å². The van der Waals surface area contributed by atoms with E-state index in [-0.39, 0.29) is 40.6 Å². The molecule has 2 bridgehead atoms. The van der Waals surface area contributed by atoms with Crippen molar-refractivity contribution >= 4 is 17.5 Å². The van der Waals surface area contributed by atoms with Crippen LogP contribution in [0.3, 0.4) is 0 Å². The molecular formula is C36H49FN6O3. The molecule has 2 spiro atoms. The third-order valence-electron chi connectivity index (χ3n) is 12.2. The topological polar surface area (TPSA) is 91.8 Å². The number of likely N-dealkylation sites (tertiary alicyclic amines) is 1. The van der Waals surface area contributed by atoms with E-state index in [0.29, 0.717) is 17.0 Å². The molecule has 4 atom stereocenters. The summed E-state index contributed by atoms with van der Waals surface area (Å²) in [5.41, 5.74) is 0.765. The van der Waals surface area contributed by atoms with Crippen molar-refractivity contribution in [1.29, 1.82) is 0 Å². The number of carbonyl (C=O) groups excluding carboxylic acids is 2. The maximum Gasteiger partial charge on any atom is 0.282 e. The zero-order valence-electron chi connectivity index (χ0n) is 27.9. The van der Waals surface area contributed by atoms with E-state index in [2.05, 4.69) is 25.0 Å². The molecular weight excluding hydrogens is 583 g/mol. The first kappa shape index (κ1) is 31.5. The number of Topliss-reactive ketones (excluding diaryl/α,β-unsaturated/α-hetero) is 1. The quantitative estimate of drug-likeness (QED) is 0.343. The lowest BCUT2D eigenvalue weighted by molar-refractivity contribution is -0.120. The number of carbonyl (C=O) groups is 2. The molecule has 46 heavy (non-hydrogen) atoms. The van der Waals surface area contributed by atoms with E-state index in [1.54, 1.807) is 4.90 Å². The average molecular weight is 633 g/mol. The van der Waals surface area contributed by atoms with Crippen molar-refractivity contribution in [3.05, 3.63) is 35.9 Å². The van der Waals surface area contributed by atoms with Crippen LogP contribution in [0.2, 0.25) is 0 Å². The van der Waals surface area contributed by atoms with Crippen LogP contribution in [0.5, 0.6) is 11.6 Å². The van der Waals surface area contributed by atoms with E-state index in [9.17, 15) is 14.0 Å². The molecule has 1 amide bonds. The van der Waals surface area contributed by atoms with Crippen molar-refractivity contribution in [3.63, 3.8) is 0 Å². The molecule has 1 aromatic heterocycles. The summed E-state index contributed by atoms with van der Waals surface area (Å²) in [5.74, 6) is 3.14. The first-order valence-corrected chi connectivity index (χ1v) is 17.5. The lowest BCUT2D eigenvalue weighted by atomic mass is 9.52. The summed E-state index contributed by atoms with van der Waals surface area (Å²) in [6.45, 7) is 13.0. The zero-order chi connectivity index (χ0) is 32.2. The Morgan fingerprint density at radius 2 is 1.87 bits per heavy atom. The van der Waals surface area contributed by atoms with Crippen molar-refractivity contribution in [2.75, 3.05) is 37.6 Å². The van der Waals surface area contributed by atoms with Gasteiger partial charge < -0.3 is 19.4 Å². The Morgan fingerprint density at radius 1 is 1.11 bits per heavy atom. The van der Waals surface area contributed by atoms with Gasteiger partial charge in [0.1, 0.15) is 23.7 Å². The smallest absolute Gasteiger partial charge is 0.282 e. The number of anilines is 1. The number of hydrogen-bond donors (Lipinski definition) is 0. The van der Waals surface area contributed by atoms with Crippen molar-refractivity contribution < 1.29 is 18.7 Å². The second kappa shape index (κ2) is 12.1. The molecule has 1 aromatic carbocycles. The Morgan fingerprint density at radius 3 is 2.52 bits per heavy atom. The summed E-state index contributed by atoms with van der Waals surface area (Å²) in [6, 6.07) is 3.89. The third-order valence-corrected chi connectivity index (χ3v) is 12.2. The summed E-state index contributed by atoms with van der Waals surface area (Å²) in [7, 11) is 0. The Bertz CT molecular complexity index is 1460. The molecule has 3 unspecified atom stereocenters. The highest BCUT2D eigenvalue weighted by molar-refractivity contribution is 5.97. The molecule has 0 radical (unpaired) electrons. The number of benzene rings is 1. The number of hydrogen-bond acceptors (Lipinski definition) is 8. The molecule has 6 aliphatic rings. The van der Waals surface area contributed by atoms with Gasteiger partial charge in [-0.3, -0.25) is 9.59 Å². The minimum Gasteiger partial charge on any atom is -0.434 e. The Balaban J connectivity index is 0.970. The number of halogens is 1. The van der Waals surface area contributed by atoms with Gasteiger partial charge in [-0.25, -0.2) is 9.37 Å². The highest BCUT2D eigenvalue weighted by Gasteiger charge is 2.54. The lowest BCUT2D eigenvalue weighted by Gasteiger charge is -2.56. The summed E-state index contributed by atoms with van der Waals surface area (Å²) >= 11 is 0.